The number of carbonyl (C=O) groups is 1. The van der Waals surface area contributed by atoms with Crippen LogP contribution < -0.4 is 5.32 Å². The van der Waals surface area contributed by atoms with Gasteiger partial charge in [0, 0.05) is 6.42 Å². The predicted octanol–water partition coefficient (Wildman–Crippen LogP) is 18.2. The Kier molecular flexibility index (Phi) is 52.9. The van der Waals surface area contributed by atoms with Gasteiger partial charge in [-0.2, -0.15) is 0 Å². The molecule has 0 saturated heterocycles. The minimum absolute atomic E-state index is 0.0836. The summed E-state index contributed by atoms with van der Waals surface area (Å²) in [5.74, 6) is -0.0836. The van der Waals surface area contributed by atoms with Gasteiger partial charge in [-0.05, 0) is 96.3 Å². The van der Waals surface area contributed by atoms with Crippen molar-refractivity contribution in [2.75, 3.05) is 6.61 Å². The Bertz CT molecular complexity index is 1350. The molecule has 2 atom stereocenters. The van der Waals surface area contributed by atoms with E-state index in [0.717, 1.165) is 103 Å². The van der Waals surface area contributed by atoms with E-state index in [2.05, 4.69) is 141 Å². The summed E-state index contributed by atoms with van der Waals surface area (Å²) in [5.41, 5.74) is 0. The predicted molar refractivity (Wildman–Crippen MR) is 294 cm³/mol. The van der Waals surface area contributed by atoms with Crippen molar-refractivity contribution in [3.63, 3.8) is 0 Å². The van der Waals surface area contributed by atoms with Gasteiger partial charge in [-0.3, -0.25) is 4.79 Å². The second-order valence-corrected chi connectivity index (χ2v) is 17.9. The van der Waals surface area contributed by atoms with Crippen LogP contribution in [0.3, 0.4) is 0 Å². The van der Waals surface area contributed by atoms with Crippen LogP contribution >= 0.6 is 0 Å². The quantitative estimate of drug-likeness (QED) is 0.0421. The molecule has 0 bridgehead atoms. The van der Waals surface area contributed by atoms with E-state index in [1.54, 1.807) is 6.08 Å². The highest BCUT2D eigenvalue weighted by atomic mass is 16.3. The topological polar surface area (TPSA) is 69.6 Å². The second-order valence-electron chi connectivity index (χ2n) is 17.9. The number of aliphatic hydroxyl groups excluding tert-OH is 2. The lowest BCUT2D eigenvalue weighted by Crippen LogP contribution is -2.45. The number of rotatable bonds is 48. The zero-order valence-electron chi connectivity index (χ0n) is 42.9. The van der Waals surface area contributed by atoms with E-state index in [9.17, 15) is 15.0 Å². The van der Waals surface area contributed by atoms with Gasteiger partial charge in [0.2, 0.25) is 5.91 Å². The molecule has 3 N–H and O–H groups in total. The van der Waals surface area contributed by atoms with E-state index in [1.807, 2.05) is 6.08 Å². The van der Waals surface area contributed by atoms with Crippen LogP contribution in [-0.2, 0) is 4.79 Å². The molecule has 0 heterocycles. The fourth-order valence-corrected chi connectivity index (χ4v) is 7.50. The van der Waals surface area contributed by atoms with Crippen LogP contribution in [-0.4, -0.2) is 34.9 Å². The van der Waals surface area contributed by atoms with E-state index in [4.69, 9.17) is 0 Å². The van der Waals surface area contributed by atoms with Crippen molar-refractivity contribution in [3.05, 3.63) is 134 Å². The average Bonchev–Trinajstić information content (AvgIpc) is 3.32. The van der Waals surface area contributed by atoms with Crippen molar-refractivity contribution >= 4 is 5.91 Å². The van der Waals surface area contributed by atoms with Crippen molar-refractivity contribution in [2.24, 2.45) is 0 Å². The standard InChI is InChI=1S/C62H103NO3/c1-3-5-7-9-11-13-15-17-19-21-22-23-24-25-26-27-28-29-30-31-32-33-34-35-36-37-38-39-40-42-44-46-48-50-52-54-56-58-62(66)63-60(59-64)61(65)57-55-53-51-49-47-45-43-41-20-18-16-14-12-10-8-6-4-2/h5,7,11,13,17,19,22-23,25-26,28-29,31-32,34-35,37-38,40,42,55,57,60-61,64-65H,3-4,6,8-10,12,14-16,18,20-21,24,27,30,33,36,39,41,43-54,56,58-59H2,1-2H3,(H,63,66)/b7-5-,13-11-,19-17-,23-22-,26-25-,29-28-,32-31-,35-34-,38-37-,42-40-,57-55+. The largest absolute Gasteiger partial charge is 0.394 e. The number of nitrogens with one attached hydrogen (secondary N) is 1. The van der Waals surface area contributed by atoms with Crippen molar-refractivity contribution in [1.82, 2.24) is 5.32 Å². The number of amides is 1. The highest BCUT2D eigenvalue weighted by Gasteiger charge is 2.18. The fraction of sp³-hybridized carbons (Fsp3) is 0.629. The molecule has 374 valence electrons. The zero-order chi connectivity index (χ0) is 47.7. The average molecular weight is 911 g/mol. The molecule has 0 aliphatic heterocycles. The van der Waals surface area contributed by atoms with Crippen LogP contribution in [0.5, 0.6) is 0 Å². The Morgan fingerprint density at radius 1 is 0.379 bits per heavy atom. The summed E-state index contributed by atoms with van der Waals surface area (Å²) in [7, 11) is 0. The van der Waals surface area contributed by atoms with E-state index in [-0.39, 0.29) is 12.5 Å². The van der Waals surface area contributed by atoms with Gasteiger partial charge < -0.3 is 15.5 Å². The summed E-state index contributed by atoms with van der Waals surface area (Å²) in [6.07, 6.45) is 87.3. The number of carbonyl (C=O) groups excluding carboxylic acids is 1. The summed E-state index contributed by atoms with van der Waals surface area (Å²) < 4.78 is 0. The Morgan fingerprint density at radius 3 is 1.00 bits per heavy atom. The number of hydrogen-bond acceptors (Lipinski definition) is 3. The van der Waals surface area contributed by atoms with Gasteiger partial charge >= 0.3 is 0 Å². The molecule has 0 fully saturated rings. The maximum absolute atomic E-state index is 12.5. The summed E-state index contributed by atoms with van der Waals surface area (Å²) in [6, 6.07) is -0.640. The number of unbranched alkanes of at least 4 members (excludes halogenated alkanes) is 21. The Balaban J connectivity index is 3.67. The third-order valence-electron chi connectivity index (χ3n) is 11.6. The molecule has 1 amide bonds. The van der Waals surface area contributed by atoms with Gasteiger partial charge in [0.05, 0.1) is 18.8 Å². The highest BCUT2D eigenvalue weighted by molar-refractivity contribution is 5.76. The normalized spacial score (nSPS) is 13.9. The van der Waals surface area contributed by atoms with E-state index >= 15 is 0 Å². The number of aliphatic hydroxyl groups is 2. The number of allylic oxidation sites excluding steroid dienone is 21. The molecular formula is C62H103NO3. The van der Waals surface area contributed by atoms with Crippen molar-refractivity contribution < 1.29 is 15.0 Å². The first-order valence-electron chi connectivity index (χ1n) is 27.4. The van der Waals surface area contributed by atoms with Crippen LogP contribution in [0.1, 0.15) is 232 Å². The monoisotopic (exact) mass is 910 g/mol. The van der Waals surface area contributed by atoms with E-state index in [0.29, 0.717) is 6.42 Å². The Morgan fingerprint density at radius 2 is 0.667 bits per heavy atom. The molecule has 0 radical (unpaired) electrons. The molecule has 0 aliphatic rings. The Hall–Kier alpha value is -3.47. The second kappa shape index (κ2) is 55.9. The highest BCUT2D eigenvalue weighted by Crippen LogP contribution is 2.15. The van der Waals surface area contributed by atoms with Crippen molar-refractivity contribution in [1.29, 1.82) is 0 Å². The molecule has 4 heteroatoms. The van der Waals surface area contributed by atoms with Gasteiger partial charge in [-0.1, -0.05) is 263 Å². The molecule has 0 aliphatic carbocycles. The lowest BCUT2D eigenvalue weighted by atomic mass is 10.0. The van der Waals surface area contributed by atoms with Gasteiger partial charge in [0.25, 0.3) is 0 Å². The Labute approximate surface area is 409 Å². The molecule has 2 unspecified atom stereocenters. The van der Waals surface area contributed by atoms with E-state index < -0.39 is 12.1 Å². The molecular weight excluding hydrogens is 807 g/mol. The molecule has 0 aromatic carbocycles. The molecule has 0 saturated carbocycles. The van der Waals surface area contributed by atoms with Gasteiger partial charge in [-0.25, -0.2) is 0 Å². The zero-order valence-corrected chi connectivity index (χ0v) is 42.9. The fourth-order valence-electron chi connectivity index (χ4n) is 7.50. The number of hydrogen-bond donors (Lipinski definition) is 3. The van der Waals surface area contributed by atoms with Crippen LogP contribution in [0, 0.1) is 0 Å². The van der Waals surface area contributed by atoms with Crippen LogP contribution in [0.2, 0.25) is 0 Å². The van der Waals surface area contributed by atoms with Crippen LogP contribution in [0.25, 0.3) is 0 Å². The first-order chi connectivity index (χ1) is 32.7. The minimum atomic E-state index is -0.855. The molecule has 0 spiro atoms. The summed E-state index contributed by atoms with van der Waals surface area (Å²) >= 11 is 0. The maximum atomic E-state index is 12.5. The van der Waals surface area contributed by atoms with Crippen molar-refractivity contribution in [2.45, 2.75) is 244 Å². The SMILES string of the molecule is CC/C=C\C/C=C\C/C=C\C/C=C\C/C=C\C/C=C\C/C=C\C/C=C\C/C=C\C/C=C\CCCCCCCCC(=O)NC(CO)C(O)/C=C/CCCCCCCCCCCCCCCCC. The lowest BCUT2D eigenvalue weighted by molar-refractivity contribution is -0.123. The molecule has 0 aromatic heterocycles. The van der Waals surface area contributed by atoms with Crippen LogP contribution in [0.15, 0.2) is 134 Å². The third-order valence-corrected chi connectivity index (χ3v) is 11.6. The van der Waals surface area contributed by atoms with Gasteiger partial charge in [-0.15, -0.1) is 0 Å². The van der Waals surface area contributed by atoms with E-state index in [1.165, 1.54) is 109 Å². The minimum Gasteiger partial charge on any atom is -0.394 e. The smallest absolute Gasteiger partial charge is 0.220 e. The lowest BCUT2D eigenvalue weighted by Gasteiger charge is -2.20. The first kappa shape index (κ1) is 62.5. The van der Waals surface area contributed by atoms with Crippen molar-refractivity contribution in [3.8, 4) is 0 Å². The first-order valence-corrected chi connectivity index (χ1v) is 27.4. The molecule has 4 nitrogen and oxygen atoms in total. The van der Waals surface area contributed by atoms with Gasteiger partial charge in [0.15, 0.2) is 0 Å². The summed E-state index contributed by atoms with van der Waals surface area (Å²) in [4.78, 5) is 12.5. The van der Waals surface area contributed by atoms with Crippen LogP contribution in [0.4, 0.5) is 0 Å². The summed E-state index contributed by atoms with van der Waals surface area (Å²) in [6.45, 7) is 4.19. The molecule has 0 aromatic rings. The molecule has 0 rings (SSSR count). The maximum Gasteiger partial charge on any atom is 0.220 e. The molecule has 66 heavy (non-hydrogen) atoms. The van der Waals surface area contributed by atoms with Gasteiger partial charge in [0.1, 0.15) is 0 Å². The summed E-state index contributed by atoms with van der Waals surface area (Å²) in [5, 5.41) is 23.1. The third kappa shape index (κ3) is 51.5.